The molecule has 0 heterocycles. The molecule has 0 amide bonds. The molecule has 0 radical (unpaired) electrons. The van der Waals surface area contributed by atoms with Gasteiger partial charge in [-0.15, -0.1) is 6.58 Å². The van der Waals surface area contributed by atoms with Crippen molar-refractivity contribution in [3.63, 3.8) is 0 Å². The van der Waals surface area contributed by atoms with Gasteiger partial charge in [0.25, 0.3) is 0 Å². The molecule has 0 spiro atoms. The average Bonchev–Trinajstić information content (AvgIpc) is 2.37. The molecule has 17 heavy (non-hydrogen) atoms. The second-order valence-electron chi connectivity index (χ2n) is 3.98. The van der Waals surface area contributed by atoms with Crippen molar-refractivity contribution >= 4 is 0 Å². The summed E-state index contributed by atoms with van der Waals surface area (Å²) in [4.78, 5) is 0. The fourth-order valence-electron chi connectivity index (χ4n) is 1.87. The van der Waals surface area contributed by atoms with Gasteiger partial charge in [-0.3, -0.25) is 0 Å². The number of ether oxygens (including phenoxy) is 1. The summed E-state index contributed by atoms with van der Waals surface area (Å²) in [5.41, 5.74) is 1.25. The van der Waals surface area contributed by atoms with Crippen LogP contribution in [0.3, 0.4) is 0 Å². The number of para-hydroxylation sites is 1. The van der Waals surface area contributed by atoms with Crippen molar-refractivity contribution in [2.75, 3.05) is 13.2 Å². The Morgan fingerprint density at radius 3 is 2.76 bits per heavy atom. The smallest absolute Gasteiger partial charge is 0.124 e. The molecule has 1 aromatic rings. The van der Waals surface area contributed by atoms with Crippen molar-refractivity contribution in [3.05, 3.63) is 42.5 Å². The van der Waals surface area contributed by atoms with Crippen LogP contribution >= 0.6 is 0 Å². The van der Waals surface area contributed by atoms with E-state index in [1.165, 1.54) is 5.56 Å². The average molecular weight is 233 g/mol. The number of nitrogens with one attached hydrogen (secondary N) is 1. The highest BCUT2D eigenvalue weighted by atomic mass is 16.5. The van der Waals surface area contributed by atoms with Crippen LogP contribution in [0.4, 0.5) is 0 Å². The van der Waals surface area contributed by atoms with Crippen LogP contribution < -0.4 is 10.1 Å². The second kappa shape index (κ2) is 7.91. The highest BCUT2D eigenvalue weighted by Crippen LogP contribution is 2.27. The SMILES string of the molecule is C=CCCOc1ccccc1C(CC)NCC. The Kier molecular flexibility index (Phi) is 6.41. The van der Waals surface area contributed by atoms with Crippen LogP contribution in [-0.4, -0.2) is 13.2 Å². The molecule has 0 saturated heterocycles. The van der Waals surface area contributed by atoms with Gasteiger partial charge in [-0.2, -0.15) is 0 Å². The molecule has 1 rings (SSSR count). The van der Waals surface area contributed by atoms with Crippen LogP contribution in [0.1, 0.15) is 38.3 Å². The summed E-state index contributed by atoms with van der Waals surface area (Å²) >= 11 is 0. The van der Waals surface area contributed by atoms with E-state index in [2.05, 4.69) is 37.9 Å². The van der Waals surface area contributed by atoms with Gasteiger partial charge in [-0.1, -0.05) is 38.1 Å². The van der Waals surface area contributed by atoms with E-state index in [9.17, 15) is 0 Å². The minimum atomic E-state index is 0.375. The lowest BCUT2D eigenvalue weighted by Crippen LogP contribution is -2.20. The maximum absolute atomic E-state index is 5.80. The molecule has 0 bridgehead atoms. The predicted octanol–water partition coefficient (Wildman–Crippen LogP) is 3.70. The molecule has 0 aromatic heterocycles. The molecule has 1 aromatic carbocycles. The first-order valence-electron chi connectivity index (χ1n) is 6.39. The molecule has 0 aliphatic heterocycles. The normalized spacial score (nSPS) is 12.1. The summed E-state index contributed by atoms with van der Waals surface area (Å²) in [5, 5.41) is 3.48. The lowest BCUT2D eigenvalue weighted by molar-refractivity contribution is 0.316. The van der Waals surface area contributed by atoms with Crippen molar-refractivity contribution in [1.29, 1.82) is 0 Å². The summed E-state index contributed by atoms with van der Waals surface area (Å²) in [7, 11) is 0. The maximum atomic E-state index is 5.80. The van der Waals surface area contributed by atoms with Gasteiger partial charge in [-0.25, -0.2) is 0 Å². The van der Waals surface area contributed by atoms with Gasteiger partial charge in [-0.05, 0) is 25.5 Å². The summed E-state index contributed by atoms with van der Waals surface area (Å²) in [5.74, 6) is 0.988. The van der Waals surface area contributed by atoms with E-state index in [-0.39, 0.29) is 0 Å². The fourth-order valence-corrected chi connectivity index (χ4v) is 1.87. The third-order valence-electron chi connectivity index (χ3n) is 2.73. The Labute approximate surface area is 105 Å². The Hall–Kier alpha value is -1.28. The molecule has 0 saturated carbocycles. The molecule has 2 heteroatoms. The summed E-state index contributed by atoms with van der Waals surface area (Å²) in [6.45, 7) is 9.69. The van der Waals surface area contributed by atoms with Gasteiger partial charge in [0, 0.05) is 11.6 Å². The zero-order chi connectivity index (χ0) is 12.5. The zero-order valence-corrected chi connectivity index (χ0v) is 10.9. The van der Waals surface area contributed by atoms with Crippen molar-refractivity contribution in [3.8, 4) is 5.75 Å². The number of hydrogen-bond acceptors (Lipinski definition) is 2. The third kappa shape index (κ3) is 4.23. The van der Waals surface area contributed by atoms with Crippen LogP contribution in [-0.2, 0) is 0 Å². The second-order valence-corrected chi connectivity index (χ2v) is 3.98. The van der Waals surface area contributed by atoms with Gasteiger partial charge < -0.3 is 10.1 Å². The van der Waals surface area contributed by atoms with Gasteiger partial charge in [0.15, 0.2) is 0 Å². The van der Waals surface area contributed by atoms with Gasteiger partial charge in [0.1, 0.15) is 5.75 Å². The van der Waals surface area contributed by atoms with Gasteiger partial charge >= 0.3 is 0 Å². The lowest BCUT2D eigenvalue weighted by Gasteiger charge is -2.19. The van der Waals surface area contributed by atoms with Crippen molar-refractivity contribution in [2.24, 2.45) is 0 Å². The molecule has 1 N–H and O–H groups in total. The lowest BCUT2D eigenvalue weighted by atomic mass is 10.0. The fraction of sp³-hybridized carbons (Fsp3) is 0.467. The summed E-state index contributed by atoms with van der Waals surface area (Å²) in [6, 6.07) is 8.64. The summed E-state index contributed by atoms with van der Waals surface area (Å²) in [6.07, 6.45) is 3.83. The van der Waals surface area contributed by atoms with E-state index in [0.717, 1.165) is 25.1 Å². The van der Waals surface area contributed by atoms with Crippen molar-refractivity contribution in [1.82, 2.24) is 5.32 Å². The Morgan fingerprint density at radius 1 is 1.35 bits per heavy atom. The summed E-state index contributed by atoms with van der Waals surface area (Å²) < 4.78 is 5.80. The molecular weight excluding hydrogens is 210 g/mol. The Morgan fingerprint density at radius 2 is 2.12 bits per heavy atom. The van der Waals surface area contributed by atoms with Crippen LogP contribution in [0.2, 0.25) is 0 Å². The third-order valence-corrected chi connectivity index (χ3v) is 2.73. The quantitative estimate of drug-likeness (QED) is 0.546. The standard InChI is InChI=1S/C15H23NO/c1-4-7-12-17-15-11-9-8-10-13(15)14(5-2)16-6-3/h4,8-11,14,16H,1,5-7,12H2,2-3H3. The molecule has 0 aliphatic carbocycles. The van der Waals surface area contributed by atoms with Gasteiger partial charge in [0.05, 0.1) is 6.61 Å². The minimum absolute atomic E-state index is 0.375. The topological polar surface area (TPSA) is 21.3 Å². The minimum Gasteiger partial charge on any atom is -0.493 e. The first-order chi connectivity index (χ1) is 8.33. The zero-order valence-electron chi connectivity index (χ0n) is 10.9. The number of benzene rings is 1. The molecule has 1 unspecified atom stereocenters. The molecule has 2 nitrogen and oxygen atoms in total. The number of hydrogen-bond donors (Lipinski definition) is 1. The molecule has 0 fully saturated rings. The monoisotopic (exact) mass is 233 g/mol. The van der Waals surface area contributed by atoms with E-state index in [4.69, 9.17) is 4.74 Å². The molecule has 94 valence electrons. The Balaban J connectivity index is 2.77. The molecular formula is C15H23NO. The molecule has 1 atom stereocenters. The predicted molar refractivity (Wildman–Crippen MR) is 73.5 cm³/mol. The first-order valence-corrected chi connectivity index (χ1v) is 6.39. The van der Waals surface area contributed by atoms with E-state index in [1.807, 2.05) is 18.2 Å². The van der Waals surface area contributed by atoms with E-state index < -0.39 is 0 Å². The molecule has 0 aliphatic rings. The van der Waals surface area contributed by atoms with Crippen LogP contribution in [0.15, 0.2) is 36.9 Å². The maximum Gasteiger partial charge on any atom is 0.124 e. The Bertz CT molecular complexity index is 335. The van der Waals surface area contributed by atoms with Crippen molar-refractivity contribution < 1.29 is 4.74 Å². The van der Waals surface area contributed by atoms with Crippen LogP contribution in [0.25, 0.3) is 0 Å². The first kappa shape index (κ1) is 13.8. The highest BCUT2D eigenvalue weighted by Gasteiger charge is 2.12. The van der Waals surface area contributed by atoms with E-state index >= 15 is 0 Å². The number of rotatable bonds is 8. The van der Waals surface area contributed by atoms with Crippen LogP contribution in [0.5, 0.6) is 5.75 Å². The highest BCUT2D eigenvalue weighted by molar-refractivity contribution is 5.35. The van der Waals surface area contributed by atoms with E-state index in [1.54, 1.807) is 0 Å². The largest absolute Gasteiger partial charge is 0.493 e. The van der Waals surface area contributed by atoms with Gasteiger partial charge in [0.2, 0.25) is 0 Å². The van der Waals surface area contributed by atoms with Crippen molar-refractivity contribution in [2.45, 2.75) is 32.7 Å². The van der Waals surface area contributed by atoms with E-state index in [0.29, 0.717) is 12.6 Å². The van der Waals surface area contributed by atoms with Crippen LogP contribution in [0, 0.1) is 0 Å².